The van der Waals surface area contributed by atoms with Crippen molar-refractivity contribution in [2.45, 2.75) is 13.5 Å². The minimum absolute atomic E-state index is 0.0844. The summed E-state index contributed by atoms with van der Waals surface area (Å²) in [6.45, 7) is 2.92. The van der Waals surface area contributed by atoms with Gasteiger partial charge in [-0.05, 0) is 61.0 Å². The molecule has 0 fully saturated rings. The van der Waals surface area contributed by atoms with Gasteiger partial charge in [0.25, 0.3) is 5.91 Å². The zero-order valence-corrected chi connectivity index (χ0v) is 17.6. The van der Waals surface area contributed by atoms with Gasteiger partial charge in [-0.3, -0.25) is 4.79 Å². The summed E-state index contributed by atoms with van der Waals surface area (Å²) in [5.74, 6) is 0.688. The van der Waals surface area contributed by atoms with Gasteiger partial charge in [-0.1, -0.05) is 35.9 Å². The van der Waals surface area contributed by atoms with Crippen molar-refractivity contribution in [3.63, 3.8) is 0 Å². The van der Waals surface area contributed by atoms with Gasteiger partial charge < -0.3 is 14.4 Å². The summed E-state index contributed by atoms with van der Waals surface area (Å²) in [6.07, 6.45) is 0. The van der Waals surface area contributed by atoms with Crippen molar-refractivity contribution >= 4 is 23.5 Å². The first kappa shape index (κ1) is 21.4. The Labute approximate surface area is 180 Å². The third-order valence-electron chi connectivity index (χ3n) is 4.58. The average Bonchev–Trinajstić information content (AvgIpc) is 2.79. The molecule has 154 valence electrons. The van der Waals surface area contributed by atoms with Gasteiger partial charge in [0, 0.05) is 18.7 Å². The Morgan fingerprint density at radius 1 is 0.900 bits per heavy atom. The highest BCUT2D eigenvalue weighted by atomic mass is 35.5. The molecular weight excluding hydrogens is 402 g/mol. The van der Waals surface area contributed by atoms with Crippen molar-refractivity contribution in [3.8, 4) is 11.5 Å². The van der Waals surface area contributed by atoms with E-state index in [-0.39, 0.29) is 11.9 Å². The van der Waals surface area contributed by atoms with Crippen LogP contribution in [0.3, 0.4) is 0 Å². The van der Waals surface area contributed by atoms with Crippen molar-refractivity contribution in [2.24, 2.45) is 0 Å². The Bertz CT molecular complexity index is 1020. The summed E-state index contributed by atoms with van der Waals surface area (Å²) in [5, 5.41) is 0.521. The number of carbonyl (C=O) groups is 2. The fraction of sp³-hybridized carbons (Fsp3) is 0.167. The normalized spacial score (nSPS) is 10.4. The highest BCUT2D eigenvalue weighted by Gasteiger charge is 2.15. The van der Waals surface area contributed by atoms with E-state index < -0.39 is 0 Å². The van der Waals surface area contributed by atoms with Gasteiger partial charge in [-0.2, -0.15) is 0 Å². The van der Waals surface area contributed by atoms with Crippen LogP contribution in [0.4, 0.5) is 0 Å². The van der Waals surface area contributed by atoms with Gasteiger partial charge in [-0.15, -0.1) is 0 Å². The van der Waals surface area contributed by atoms with Crippen molar-refractivity contribution < 1.29 is 19.1 Å². The Morgan fingerprint density at radius 2 is 1.53 bits per heavy atom. The van der Waals surface area contributed by atoms with Crippen LogP contribution in [0.2, 0.25) is 5.02 Å². The number of hydrogen-bond donors (Lipinski definition) is 0. The molecule has 0 bridgehead atoms. The van der Waals surface area contributed by atoms with Gasteiger partial charge in [0.2, 0.25) is 0 Å². The molecule has 0 radical (unpaired) electrons. The number of hydrogen-bond acceptors (Lipinski definition) is 4. The molecule has 0 heterocycles. The number of rotatable bonds is 7. The van der Waals surface area contributed by atoms with Crippen LogP contribution >= 0.6 is 11.6 Å². The van der Waals surface area contributed by atoms with Gasteiger partial charge >= 0.3 is 5.97 Å². The summed E-state index contributed by atoms with van der Waals surface area (Å²) < 4.78 is 10.5. The van der Waals surface area contributed by atoms with Crippen LogP contribution in [0.5, 0.6) is 11.5 Å². The van der Waals surface area contributed by atoms with Crippen LogP contribution in [0, 0.1) is 0 Å². The van der Waals surface area contributed by atoms with E-state index in [2.05, 4.69) is 0 Å². The molecule has 5 nitrogen and oxygen atoms in total. The molecule has 1 amide bonds. The zero-order valence-electron chi connectivity index (χ0n) is 16.8. The summed E-state index contributed by atoms with van der Waals surface area (Å²) in [5.41, 5.74) is 1.97. The molecule has 0 saturated carbocycles. The Morgan fingerprint density at radius 3 is 2.13 bits per heavy atom. The van der Waals surface area contributed by atoms with Crippen LogP contribution in [-0.2, 0) is 11.3 Å². The van der Waals surface area contributed by atoms with Gasteiger partial charge in [-0.25, -0.2) is 4.79 Å². The first-order chi connectivity index (χ1) is 14.5. The third-order valence-corrected chi connectivity index (χ3v) is 4.90. The van der Waals surface area contributed by atoms with Crippen LogP contribution in [0.25, 0.3) is 0 Å². The molecule has 3 rings (SSSR count). The topological polar surface area (TPSA) is 55.8 Å². The SMILES string of the molecule is CCN(Cc1ccc(C(=O)OC)cc1)C(=O)c1ccc(Oc2ccccc2Cl)cc1. The first-order valence-corrected chi connectivity index (χ1v) is 9.88. The lowest BCUT2D eigenvalue weighted by Gasteiger charge is -2.21. The van der Waals surface area contributed by atoms with Gasteiger partial charge in [0.15, 0.2) is 0 Å². The molecule has 3 aromatic rings. The number of carbonyl (C=O) groups excluding carboxylic acids is 2. The summed E-state index contributed by atoms with van der Waals surface area (Å²) in [4.78, 5) is 26.2. The van der Waals surface area contributed by atoms with E-state index in [0.29, 0.717) is 40.7 Å². The number of para-hydroxylation sites is 1. The second-order valence-corrected chi connectivity index (χ2v) is 6.97. The molecule has 0 atom stereocenters. The van der Waals surface area contributed by atoms with Gasteiger partial charge in [0.1, 0.15) is 11.5 Å². The molecule has 0 N–H and O–H groups in total. The molecule has 0 aliphatic heterocycles. The number of nitrogens with zero attached hydrogens (tertiary/aromatic N) is 1. The molecule has 0 aromatic heterocycles. The van der Waals surface area contributed by atoms with Crippen LogP contribution < -0.4 is 4.74 Å². The minimum atomic E-state index is -0.385. The minimum Gasteiger partial charge on any atom is -0.465 e. The van der Waals surface area contributed by atoms with Gasteiger partial charge in [0.05, 0.1) is 17.7 Å². The van der Waals surface area contributed by atoms with E-state index in [9.17, 15) is 9.59 Å². The summed E-state index contributed by atoms with van der Waals surface area (Å²) in [7, 11) is 1.35. The molecular formula is C24H22ClNO4. The number of esters is 1. The number of halogens is 1. The Balaban J connectivity index is 1.68. The van der Waals surface area contributed by atoms with Crippen molar-refractivity contribution in [1.82, 2.24) is 4.90 Å². The smallest absolute Gasteiger partial charge is 0.337 e. The van der Waals surface area contributed by atoms with Crippen LogP contribution in [0.1, 0.15) is 33.2 Å². The second kappa shape index (κ2) is 9.94. The lowest BCUT2D eigenvalue weighted by molar-refractivity contribution is 0.0600. The lowest BCUT2D eigenvalue weighted by Crippen LogP contribution is -2.30. The maximum absolute atomic E-state index is 12.9. The monoisotopic (exact) mass is 423 g/mol. The van der Waals surface area contributed by atoms with E-state index in [4.69, 9.17) is 21.1 Å². The highest BCUT2D eigenvalue weighted by Crippen LogP contribution is 2.29. The van der Waals surface area contributed by atoms with E-state index in [1.54, 1.807) is 53.4 Å². The lowest BCUT2D eigenvalue weighted by atomic mass is 10.1. The van der Waals surface area contributed by atoms with Crippen LogP contribution in [0.15, 0.2) is 72.8 Å². The van der Waals surface area contributed by atoms with Crippen molar-refractivity contribution in [1.29, 1.82) is 0 Å². The summed E-state index contributed by atoms with van der Waals surface area (Å²) in [6, 6.07) is 21.2. The quantitative estimate of drug-likeness (QED) is 0.465. The second-order valence-electron chi connectivity index (χ2n) is 6.56. The molecule has 0 aliphatic rings. The predicted molar refractivity (Wildman–Crippen MR) is 116 cm³/mol. The van der Waals surface area contributed by atoms with E-state index in [0.717, 1.165) is 5.56 Å². The molecule has 3 aromatic carbocycles. The van der Waals surface area contributed by atoms with Crippen molar-refractivity contribution in [2.75, 3.05) is 13.7 Å². The first-order valence-electron chi connectivity index (χ1n) is 9.50. The standard InChI is InChI=1S/C24H22ClNO4/c1-3-26(16-17-8-10-19(11-9-17)24(28)29-2)23(27)18-12-14-20(15-13-18)30-22-7-5-4-6-21(22)25/h4-15H,3,16H2,1-2H3. The van der Waals surface area contributed by atoms with E-state index >= 15 is 0 Å². The number of ether oxygens (including phenoxy) is 2. The highest BCUT2D eigenvalue weighted by molar-refractivity contribution is 6.32. The number of amides is 1. The largest absolute Gasteiger partial charge is 0.465 e. The number of methoxy groups -OCH3 is 1. The fourth-order valence-corrected chi connectivity index (χ4v) is 3.09. The average molecular weight is 424 g/mol. The fourth-order valence-electron chi connectivity index (χ4n) is 2.91. The zero-order chi connectivity index (χ0) is 21.5. The summed E-state index contributed by atoms with van der Waals surface area (Å²) >= 11 is 6.12. The van der Waals surface area contributed by atoms with Crippen molar-refractivity contribution in [3.05, 3.63) is 94.5 Å². The molecule has 6 heteroatoms. The predicted octanol–water partition coefficient (Wildman–Crippen LogP) is 5.58. The van der Waals surface area contributed by atoms with Crippen LogP contribution in [-0.4, -0.2) is 30.4 Å². The van der Waals surface area contributed by atoms with E-state index in [1.165, 1.54) is 7.11 Å². The molecule has 0 unspecified atom stereocenters. The Hall–Kier alpha value is -3.31. The maximum Gasteiger partial charge on any atom is 0.337 e. The van der Waals surface area contributed by atoms with E-state index in [1.807, 2.05) is 31.2 Å². The Kier molecular flexibility index (Phi) is 7.09. The molecule has 0 spiro atoms. The number of benzene rings is 3. The third kappa shape index (κ3) is 5.19. The molecule has 0 aliphatic carbocycles. The molecule has 0 saturated heterocycles. The molecule has 30 heavy (non-hydrogen) atoms. The maximum atomic E-state index is 12.9.